The van der Waals surface area contributed by atoms with Gasteiger partial charge in [-0.05, 0) is 42.4 Å². The van der Waals surface area contributed by atoms with Gasteiger partial charge >= 0.3 is 0 Å². The third-order valence-corrected chi connectivity index (χ3v) is 3.29. The summed E-state index contributed by atoms with van der Waals surface area (Å²) in [4.78, 5) is 10.3. The van der Waals surface area contributed by atoms with Gasteiger partial charge in [-0.25, -0.2) is 4.39 Å². The molecule has 114 valence electrons. The maximum absolute atomic E-state index is 12.8. The largest absolute Gasteiger partial charge is 0.358 e. The van der Waals surface area contributed by atoms with Gasteiger partial charge in [0.05, 0.1) is 4.92 Å². The van der Waals surface area contributed by atoms with Gasteiger partial charge in [-0.3, -0.25) is 10.1 Å². The quantitative estimate of drug-likeness (QED) is 0.513. The number of thiocarbonyl (C=S) groups is 1. The van der Waals surface area contributed by atoms with E-state index in [0.29, 0.717) is 17.3 Å². The van der Waals surface area contributed by atoms with Gasteiger partial charge in [0, 0.05) is 24.4 Å². The van der Waals surface area contributed by atoms with Crippen LogP contribution in [-0.2, 0) is 6.54 Å². The van der Waals surface area contributed by atoms with Crippen molar-refractivity contribution in [1.29, 1.82) is 0 Å². The molecule has 0 atom stereocenters. The molecule has 0 saturated carbocycles. The van der Waals surface area contributed by atoms with E-state index in [0.717, 1.165) is 11.1 Å². The Morgan fingerprint density at radius 2 is 1.95 bits per heavy atom. The first-order valence-electron chi connectivity index (χ1n) is 6.50. The highest BCUT2D eigenvalue weighted by molar-refractivity contribution is 7.80. The summed E-state index contributed by atoms with van der Waals surface area (Å²) in [6.07, 6.45) is 0. The second-order valence-corrected chi connectivity index (χ2v) is 5.10. The van der Waals surface area contributed by atoms with Crippen LogP contribution in [0.25, 0.3) is 0 Å². The Morgan fingerprint density at radius 1 is 1.27 bits per heavy atom. The van der Waals surface area contributed by atoms with Crippen LogP contribution in [0.5, 0.6) is 0 Å². The fourth-order valence-corrected chi connectivity index (χ4v) is 1.99. The summed E-state index contributed by atoms with van der Waals surface area (Å²) < 4.78 is 12.8. The number of rotatable bonds is 4. The summed E-state index contributed by atoms with van der Waals surface area (Å²) in [5, 5.41) is 17.0. The number of non-ortho nitro benzene ring substituents is 1. The van der Waals surface area contributed by atoms with E-state index in [4.69, 9.17) is 12.2 Å². The summed E-state index contributed by atoms with van der Waals surface area (Å²) in [6.45, 7) is 2.26. The van der Waals surface area contributed by atoms with E-state index < -0.39 is 4.92 Å². The van der Waals surface area contributed by atoms with Crippen LogP contribution in [0.2, 0.25) is 0 Å². The smallest absolute Gasteiger partial charge is 0.271 e. The average Bonchev–Trinajstić information content (AvgIpc) is 2.48. The minimum Gasteiger partial charge on any atom is -0.358 e. The zero-order chi connectivity index (χ0) is 16.1. The Labute approximate surface area is 132 Å². The third kappa shape index (κ3) is 4.23. The van der Waals surface area contributed by atoms with Crippen molar-refractivity contribution < 1.29 is 9.31 Å². The standard InChI is InChI=1S/C15H14FN3O2S/c1-10-2-7-13(19(20)21)8-14(10)18-15(22)17-9-11-3-5-12(16)6-4-11/h2-8H,9H2,1H3,(H2,17,18,22). The molecule has 0 heterocycles. The summed E-state index contributed by atoms with van der Waals surface area (Å²) in [5.41, 5.74) is 2.29. The van der Waals surface area contributed by atoms with Crippen molar-refractivity contribution in [3.05, 3.63) is 69.5 Å². The molecule has 2 N–H and O–H groups in total. The fourth-order valence-electron chi connectivity index (χ4n) is 1.81. The van der Waals surface area contributed by atoms with Gasteiger partial charge in [0.15, 0.2) is 5.11 Å². The molecule has 2 aromatic rings. The molecule has 2 rings (SSSR count). The van der Waals surface area contributed by atoms with Gasteiger partial charge in [-0.2, -0.15) is 0 Å². The van der Waals surface area contributed by atoms with Crippen LogP contribution in [0.4, 0.5) is 15.8 Å². The normalized spacial score (nSPS) is 10.1. The van der Waals surface area contributed by atoms with Crippen LogP contribution >= 0.6 is 12.2 Å². The van der Waals surface area contributed by atoms with Crippen LogP contribution in [0.3, 0.4) is 0 Å². The fraction of sp³-hybridized carbons (Fsp3) is 0.133. The van der Waals surface area contributed by atoms with E-state index in [2.05, 4.69) is 10.6 Å². The van der Waals surface area contributed by atoms with Crippen LogP contribution in [0.1, 0.15) is 11.1 Å². The topological polar surface area (TPSA) is 67.2 Å². The number of anilines is 1. The molecule has 0 amide bonds. The second-order valence-electron chi connectivity index (χ2n) is 4.69. The molecule has 22 heavy (non-hydrogen) atoms. The van der Waals surface area contributed by atoms with Gasteiger partial charge < -0.3 is 10.6 Å². The molecule has 0 spiro atoms. The molecule has 0 saturated heterocycles. The van der Waals surface area contributed by atoms with Crippen LogP contribution in [0.15, 0.2) is 42.5 Å². The Morgan fingerprint density at radius 3 is 2.59 bits per heavy atom. The molecular formula is C15H14FN3O2S. The molecule has 0 bridgehead atoms. The summed E-state index contributed by atoms with van der Waals surface area (Å²) in [5.74, 6) is -0.295. The number of nitro groups is 1. The van der Waals surface area contributed by atoms with Crippen molar-refractivity contribution in [2.75, 3.05) is 5.32 Å². The number of nitrogens with one attached hydrogen (secondary N) is 2. The minimum absolute atomic E-state index is 0.00515. The highest BCUT2D eigenvalue weighted by Crippen LogP contribution is 2.21. The highest BCUT2D eigenvalue weighted by atomic mass is 32.1. The lowest BCUT2D eigenvalue weighted by Gasteiger charge is -2.12. The first-order chi connectivity index (χ1) is 10.5. The van der Waals surface area contributed by atoms with Crippen LogP contribution < -0.4 is 10.6 Å². The first-order valence-corrected chi connectivity index (χ1v) is 6.91. The first kappa shape index (κ1) is 15.8. The van der Waals surface area contributed by atoms with Gasteiger partial charge in [0.2, 0.25) is 0 Å². The molecule has 0 aliphatic carbocycles. The number of halogens is 1. The number of hydrogen-bond donors (Lipinski definition) is 2. The van der Waals surface area contributed by atoms with Crippen molar-refractivity contribution in [3.8, 4) is 0 Å². The average molecular weight is 319 g/mol. The molecule has 0 aliphatic rings. The maximum Gasteiger partial charge on any atom is 0.271 e. The zero-order valence-corrected chi connectivity index (χ0v) is 12.6. The number of benzene rings is 2. The second kappa shape index (κ2) is 6.95. The van der Waals surface area contributed by atoms with Crippen molar-refractivity contribution in [2.45, 2.75) is 13.5 Å². The monoisotopic (exact) mass is 319 g/mol. The predicted octanol–water partition coefficient (Wildman–Crippen LogP) is 3.53. The Balaban J connectivity index is 1.98. The summed E-state index contributed by atoms with van der Waals surface area (Å²) in [6, 6.07) is 10.6. The molecule has 0 aliphatic heterocycles. The number of hydrogen-bond acceptors (Lipinski definition) is 3. The van der Waals surface area contributed by atoms with E-state index in [1.807, 2.05) is 6.92 Å². The molecular weight excluding hydrogens is 305 g/mol. The lowest BCUT2D eigenvalue weighted by Crippen LogP contribution is -2.28. The molecule has 0 fully saturated rings. The van der Waals surface area contributed by atoms with E-state index in [1.54, 1.807) is 18.2 Å². The third-order valence-electron chi connectivity index (χ3n) is 3.05. The molecule has 0 unspecified atom stereocenters. The molecule has 7 heteroatoms. The highest BCUT2D eigenvalue weighted by Gasteiger charge is 2.09. The lowest BCUT2D eigenvalue weighted by atomic mass is 10.2. The SMILES string of the molecule is Cc1ccc([N+](=O)[O-])cc1NC(=S)NCc1ccc(F)cc1. The Bertz CT molecular complexity index is 704. The van der Waals surface area contributed by atoms with Crippen molar-refractivity contribution in [2.24, 2.45) is 0 Å². The van der Waals surface area contributed by atoms with Gasteiger partial charge in [-0.1, -0.05) is 18.2 Å². The van der Waals surface area contributed by atoms with Gasteiger partial charge in [-0.15, -0.1) is 0 Å². The number of nitrogens with zero attached hydrogens (tertiary/aromatic N) is 1. The number of aryl methyl sites for hydroxylation is 1. The summed E-state index contributed by atoms with van der Waals surface area (Å²) in [7, 11) is 0. The molecule has 0 radical (unpaired) electrons. The van der Waals surface area contributed by atoms with Crippen LogP contribution in [0, 0.1) is 22.9 Å². The lowest BCUT2D eigenvalue weighted by molar-refractivity contribution is -0.384. The Hall–Kier alpha value is -2.54. The molecule has 2 aromatic carbocycles. The van der Waals surface area contributed by atoms with E-state index in [-0.39, 0.29) is 11.5 Å². The molecule has 0 aromatic heterocycles. The van der Waals surface area contributed by atoms with E-state index in [1.165, 1.54) is 24.3 Å². The van der Waals surface area contributed by atoms with Crippen molar-refractivity contribution in [3.63, 3.8) is 0 Å². The van der Waals surface area contributed by atoms with E-state index >= 15 is 0 Å². The number of nitro benzene ring substituents is 1. The minimum atomic E-state index is -0.459. The summed E-state index contributed by atoms with van der Waals surface area (Å²) >= 11 is 5.16. The molecule has 5 nitrogen and oxygen atoms in total. The maximum atomic E-state index is 12.8. The van der Waals surface area contributed by atoms with Gasteiger partial charge in [0.1, 0.15) is 5.82 Å². The van der Waals surface area contributed by atoms with Crippen LogP contribution in [-0.4, -0.2) is 10.0 Å². The van der Waals surface area contributed by atoms with Crippen molar-refractivity contribution in [1.82, 2.24) is 5.32 Å². The van der Waals surface area contributed by atoms with Gasteiger partial charge in [0.25, 0.3) is 5.69 Å². The van der Waals surface area contributed by atoms with Crippen molar-refractivity contribution >= 4 is 28.7 Å². The zero-order valence-electron chi connectivity index (χ0n) is 11.8. The predicted molar refractivity (Wildman–Crippen MR) is 87.3 cm³/mol. The Kier molecular flexibility index (Phi) is 5.00. The van der Waals surface area contributed by atoms with E-state index in [9.17, 15) is 14.5 Å².